The fourth-order valence-corrected chi connectivity index (χ4v) is 3.89. The quantitative estimate of drug-likeness (QED) is 0.162. The molecule has 2 aromatic rings. The standard InChI is InChI=1S/C28H36N4O6/c1-7-37-22-14-19(25-24(26(34)36-6)17(2)30-27(35)31-25)10-13-21(22)38-16-23(33)32-29-15-18-8-11-20(12-9-18)28(3,4)5/h8-15,23,25,32-33H,7,16H2,1-6H3,(H2,30,31,35)/b29-15-/t23-,25-/m0/s1. The van der Waals surface area contributed by atoms with Crippen LogP contribution in [0.15, 0.2) is 58.8 Å². The van der Waals surface area contributed by atoms with Crippen molar-refractivity contribution in [1.29, 1.82) is 0 Å². The smallest absolute Gasteiger partial charge is 0.337 e. The zero-order valence-electron chi connectivity index (χ0n) is 22.6. The molecule has 204 valence electrons. The summed E-state index contributed by atoms with van der Waals surface area (Å²) in [5.41, 5.74) is 6.13. The summed E-state index contributed by atoms with van der Waals surface area (Å²) < 4.78 is 16.4. The van der Waals surface area contributed by atoms with Gasteiger partial charge in [0.1, 0.15) is 6.61 Å². The number of benzene rings is 2. The first-order valence-corrected chi connectivity index (χ1v) is 12.4. The van der Waals surface area contributed by atoms with Gasteiger partial charge in [-0.25, -0.2) is 9.59 Å². The zero-order chi connectivity index (χ0) is 27.9. The maximum Gasteiger partial charge on any atom is 0.337 e. The topological polar surface area (TPSA) is 131 Å². The van der Waals surface area contributed by atoms with Crippen molar-refractivity contribution in [2.75, 3.05) is 20.3 Å². The van der Waals surface area contributed by atoms with Gasteiger partial charge in [0.05, 0.1) is 31.5 Å². The molecule has 0 fully saturated rings. The van der Waals surface area contributed by atoms with Gasteiger partial charge in [0.25, 0.3) is 0 Å². The number of urea groups is 1. The molecule has 2 amide bonds. The highest BCUT2D eigenvalue weighted by molar-refractivity contribution is 5.95. The molecule has 2 atom stereocenters. The van der Waals surface area contributed by atoms with E-state index in [0.717, 1.165) is 5.56 Å². The summed E-state index contributed by atoms with van der Waals surface area (Å²) in [4.78, 5) is 24.5. The number of nitrogens with one attached hydrogen (secondary N) is 3. The molecule has 0 spiro atoms. The maximum atomic E-state index is 12.4. The molecular formula is C28H36N4O6. The van der Waals surface area contributed by atoms with Crippen molar-refractivity contribution in [1.82, 2.24) is 16.1 Å². The van der Waals surface area contributed by atoms with E-state index in [1.807, 2.05) is 19.1 Å². The van der Waals surface area contributed by atoms with Crippen LogP contribution >= 0.6 is 0 Å². The van der Waals surface area contributed by atoms with Crippen LogP contribution in [-0.2, 0) is 14.9 Å². The van der Waals surface area contributed by atoms with E-state index in [4.69, 9.17) is 14.2 Å². The van der Waals surface area contributed by atoms with Crippen molar-refractivity contribution in [3.8, 4) is 11.5 Å². The van der Waals surface area contributed by atoms with Crippen LogP contribution < -0.4 is 25.5 Å². The van der Waals surface area contributed by atoms with Crippen molar-refractivity contribution in [2.24, 2.45) is 5.10 Å². The Morgan fingerprint density at radius 2 is 1.87 bits per heavy atom. The molecule has 10 nitrogen and oxygen atoms in total. The van der Waals surface area contributed by atoms with Crippen molar-refractivity contribution >= 4 is 18.2 Å². The third-order valence-corrected chi connectivity index (χ3v) is 5.89. The van der Waals surface area contributed by atoms with Crippen molar-refractivity contribution < 1.29 is 28.9 Å². The lowest BCUT2D eigenvalue weighted by Gasteiger charge is -2.28. The monoisotopic (exact) mass is 524 g/mol. The Kier molecular flexibility index (Phi) is 9.35. The third kappa shape index (κ3) is 7.25. The Morgan fingerprint density at radius 1 is 1.16 bits per heavy atom. The van der Waals surface area contributed by atoms with Crippen LogP contribution in [0.5, 0.6) is 11.5 Å². The van der Waals surface area contributed by atoms with Crippen LogP contribution in [0.4, 0.5) is 4.79 Å². The first-order chi connectivity index (χ1) is 18.0. The first-order valence-electron chi connectivity index (χ1n) is 12.4. The summed E-state index contributed by atoms with van der Waals surface area (Å²) in [6.07, 6.45) is 0.548. The number of carbonyl (C=O) groups is 2. The number of ether oxygens (including phenoxy) is 3. The number of methoxy groups -OCH3 is 1. The average molecular weight is 525 g/mol. The molecule has 2 aromatic carbocycles. The third-order valence-electron chi connectivity index (χ3n) is 5.89. The number of carbonyl (C=O) groups excluding carboxylic acids is 2. The second-order valence-corrected chi connectivity index (χ2v) is 9.79. The number of hydrazone groups is 1. The minimum absolute atomic E-state index is 0.0703. The van der Waals surface area contributed by atoms with Crippen LogP contribution in [0.25, 0.3) is 0 Å². The molecular weight excluding hydrogens is 488 g/mol. The Hall–Kier alpha value is -4.05. The molecule has 1 aliphatic rings. The predicted octanol–water partition coefficient (Wildman–Crippen LogP) is 3.50. The molecule has 3 rings (SSSR count). The number of esters is 1. The van der Waals surface area contributed by atoms with Gasteiger partial charge in [-0.15, -0.1) is 0 Å². The van der Waals surface area contributed by atoms with E-state index in [1.54, 1.807) is 31.3 Å². The second kappa shape index (κ2) is 12.5. The molecule has 1 aliphatic heterocycles. The number of amides is 2. The van der Waals surface area contributed by atoms with Gasteiger partial charge in [-0.3, -0.25) is 5.43 Å². The minimum atomic E-state index is -1.07. The number of hydrogen-bond acceptors (Lipinski definition) is 8. The summed E-state index contributed by atoms with van der Waals surface area (Å²) in [6, 6.07) is 11.9. The van der Waals surface area contributed by atoms with Gasteiger partial charge < -0.3 is 30.0 Å². The van der Waals surface area contributed by atoms with Gasteiger partial charge in [0.2, 0.25) is 0 Å². The molecule has 10 heteroatoms. The molecule has 0 aliphatic carbocycles. The van der Waals surface area contributed by atoms with Gasteiger partial charge in [0.15, 0.2) is 17.7 Å². The van der Waals surface area contributed by atoms with E-state index in [9.17, 15) is 14.7 Å². The molecule has 0 aromatic heterocycles. The fourth-order valence-electron chi connectivity index (χ4n) is 3.89. The van der Waals surface area contributed by atoms with Gasteiger partial charge in [-0.05, 0) is 48.1 Å². The van der Waals surface area contributed by atoms with Gasteiger partial charge in [-0.1, -0.05) is 51.1 Å². The summed E-state index contributed by atoms with van der Waals surface area (Å²) >= 11 is 0. The van der Waals surface area contributed by atoms with Gasteiger partial charge in [0, 0.05) is 5.70 Å². The summed E-state index contributed by atoms with van der Waals surface area (Å²) in [5.74, 6) is 0.228. The Morgan fingerprint density at radius 3 is 2.50 bits per heavy atom. The summed E-state index contributed by atoms with van der Waals surface area (Å²) in [6.45, 7) is 10.2. The lowest BCUT2D eigenvalue weighted by molar-refractivity contribution is -0.136. The van der Waals surface area contributed by atoms with E-state index in [-0.39, 0.29) is 17.6 Å². The van der Waals surface area contributed by atoms with E-state index >= 15 is 0 Å². The number of aliphatic hydroxyl groups is 1. The number of aliphatic hydroxyl groups excluding tert-OH is 1. The average Bonchev–Trinajstić information content (AvgIpc) is 2.87. The molecule has 0 unspecified atom stereocenters. The molecule has 0 saturated carbocycles. The van der Waals surface area contributed by atoms with Crippen molar-refractivity contribution in [2.45, 2.75) is 52.3 Å². The largest absolute Gasteiger partial charge is 0.490 e. The van der Waals surface area contributed by atoms with Gasteiger partial charge >= 0.3 is 12.0 Å². The molecule has 0 bridgehead atoms. The Bertz CT molecular complexity index is 1200. The van der Waals surface area contributed by atoms with Crippen LogP contribution in [0.2, 0.25) is 0 Å². The van der Waals surface area contributed by atoms with E-state index < -0.39 is 24.3 Å². The van der Waals surface area contributed by atoms with E-state index in [1.165, 1.54) is 12.7 Å². The maximum absolute atomic E-state index is 12.4. The lowest BCUT2D eigenvalue weighted by Crippen LogP contribution is -2.45. The van der Waals surface area contributed by atoms with Crippen molar-refractivity contribution in [3.05, 3.63) is 70.4 Å². The molecule has 0 saturated heterocycles. The number of nitrogens with zero attached hydrogens (tertiary/aromatic N) is 1. The number of allylic oxidation sites excluding steroid dienone is 1. The van der Waals surface area contributed by atoms with Crippen LogP contribution in [-0.4, -0.2) is 49.9 Å². The second-order valence-electron chi connectivity index (χ2n) is 9.79. The molecule has 1 heterocycles. The number of hydrogen-bond donors (Lipinski definition) is 4. The minimum Gasteiger partial charge on any atom is -0.490 e. The van der Waals surface area contributed by atoms with Crippen LogP contribution in [0.1, 0.15) is 57.4 Å². The molecule has 38 heavy (non-hydrogen) atoms. The van der Waals surface area contributed by atoms with Crippen LogP contribution in [0, 0.1) is 0 Å². The van der Waals surface area contributed by atoms with Crippen molar-refractivity contribution in [3.63, 3.8) is 0 Å². The molecule has 0 radical (unpaired) electrons. The highest BCUT2D eigenvalue weighted by Crippen LogP contribution is 2.35. The number of rotatable bonds is 10. The SMILES string of the molecule is CCOc1cc([C@@H]2NC(=O)NC(C)=C2C(=O)OC)ccc1OC[C@H](O)N/N=C\c1ccc(C(C)(C)C)cc1. The highest BCUT2D eigenvalue weighted by Gasteiger charge is 2.32. The van der Waals surface area contributed by atoms with Gasteiger partial charge in [-0.2, -0.15) is 5.10 Å². The van der Waals surface area contributed by atoms with Crippen LogP contribution in [0.3, 0.4) is 0 Å². The Labute approximate surface area is 223 Å². The normalized spacial score (nSPS) is 16.5. The molecule has 4 N–H and O–H groups in total. The summed E-state index contributed by atoms with van der Waals surface area (Å²) in [5, 5.41) is 19.7. The first kappa shape index (κ1) is 28.5. The van der Waals surface area contributed by atoms with E-state index in [0.29, 0.717) is 29.4 Å². The Balaban J connectivity index is 1.67. The highest BCUT2D eigenvalue weighted by atomic mass is 16.5. The van der Waals surface area contributed by atoms with E-state index in [2.05, 4.69) is 54.1 Å². The summed E-state index contributed by atoms with van der Waals surface area (Å²) in [7, 11) is 1.28. The fraction of sp³-hybridized carbons (Fsp3) is 0.393. The lowest BCUT2D eigenvalue weighted by atomic mass is 9.87. The zero-order valence-corrected chi connectivity index (χ0v) is 22.6. The predicted molar refractivity (Wildman–Crippen MR) is 144 cm³/mol.